The monoisotopic (exact) mass is 279 g/mol. The third-order valence-electron chi connectivity index (χ3n) is 4.19. The van der Waals surface area contributed by atoms with Crippen LogP contribution in [0.5, 0.6) is 0 Å². The standard InChI is InChI=1S/C18H21N3/c1-3-12(2)17(13-7-5-4-6-8-13)18-20-15-10-9-14(19)11-16(15)21-18/h4-12,17H,3,19H2,1-2H3,(H,20,21). The van der Waals surface area contributed by atoms with Gasteiger partial charge in [0.1, 0.15) is 5.82 Å². The number of anilines is 1. The van der Waals surface area contributed by atoms with Gasteiger partial charge < -0.3 is 10.7 Å². The number of fused-ring (bicyclic) bond motifs is 1. The summed E-state index contributed by atoms with van der Waals surface area (Å²) < 4.78 is 0. The Hall–Kier alpha value is -2.29. The third kappa shape index (κ3) is 2.64. The molecule has 0 spiro atoms. The Labute approximate surface area is 125 Å². The van der Waals surface area contributed by atoms with Gasteiger partial charge >= 0.3 is 0 Å². The fourth-order valence-electron chi connectivity index (χ4n) is 2.85. The van der Waals surface area contributed by atoms with Crippen LogP contribution in [0.4, 0.5) is 5.69 Å². The molecule has 3 aromatic rings. The smallest absolute Gasteiger partial charge is 0.115 e. The van der Waals surface area contributed by atoms with E-state index in [1.807, 2.05) is 18.2 Å². The highest BCUT2D eigenvalue weighted by molar-refractivity contribution is 5.79. The summed E-state index contributed by atoms with van der Waals surface area (Å²) in [6.07, 6.45) is 1.11. The van der Waals surface area contributed by atoms with Gasteiger partial charge in [-0.1, -0.05) is 50.6 Å². The van der Waals surface area contributed by atoms with Crippen LogP contribution in [0.2, 0.25) is 0 Å². The van der Waals surface area contributed by atoms with Crippen LogP contribution in [0.3, 0.4) is 0 Å². The lowest BCUT2D eigenvalue weighted by atomic mass is 9.85. The third-order valence-corrected chi connectivity index (χ3v) is 4.19. The largest absolute Gasteiger partial charge is 0.399 e. The van der Waals surface area contributed by atoms with Crippen LogP contribution >= 0.6 is 0 Å². The van der Waals surface area contributed by atoms with Gasteiger partial charge in [-0.15, -0.1) is 0 Å². The first kappa shape index (κ1) is 13.7. The maximum atomic E-state index is 5.86. The van der Waals surface area contributed by atoms with Crippen molar-refractivity contribution in [1.82, 2.24) is 9.97 Å². The van der Waals surface area contributed by atoms with Crippen molar-refractivity contribution in [2.45, 2.75) is 26.2 Å². The first-order valence-electron chi connectivity index (χ1n) is 7.49. The van der Waals surface area contributed by atoms with Gasteiger partial charge in [-0.05, 0) is 29.7 Å². The number of hydrogen-bond donors (Lipinski definition) is 2. The quantitative estimate of drug-likeness (QED) is 0.699. The Bertz CT molecular complexity index is 731. The van der Waals surface area contributed by atoms with Gasteiger partial charge in [-0.2, -0.15) is 0 Å². The summed E-state index contributed by atoms with van der Waals surface area (Å²) in [7, 11) is 0. The van der Waals surface area contributed by atoms with E-state index in [0.717, 1.165) is 29.0 Å². The zero-order valence-electron chi connectivity index (χ0n) is 12.5. The molecule has 1 aromatic heterocycles. The molecule has 0 aliphatic rings. The van der Waals surface area contributed by atoms with Crippen LogP contribution in [0.1, 0.15) is 37.6 Å². The number of nitrogens with zero attached hydrogens (tertiary/aromatic N) is 1. The summed E-state index contributed by atoms with van der Waals surface area (Å²) >= 11 is 0. The molecule has 2 unspecified atom stereocenters. The van der Waals surface area contributed by atoms with Crippen LogP contribution in [-0.2, 0) is 0 Å². The van der Waals surface area contributed by atoms with E-state index in [-0.39, 0.29) is 5.92 Å². The molecule has 2 aromatic carbocycles. The summed E-state index contributed by atoms with van der Waals surface area (Å²) in [6, 6.07) is 16.4. The lowest BCUT2D eigenvalue weighted by molar-refractivity contribution is 0.482. The summed E-state index contributed by atoms with van der Waals surface area (Å²) in [6.45, 7) is 4.50. The highest BCUT2D eigenvalue weighted by Gasteiger charge is 2.23. The number of imidazole rings is 1. The molecule has 21 heavy (non-hydrogen) atoms. The molecular weight excluding hydrogens is 258 g/mol. The van der Waals surface area contributed by atoms with E-state index in [0.29, 0.717) is 5.92 Å². The molecule has 0 fully saturated rings. The second-order valence-corrected chi connectivity index (χ2v) is 5.67. The average molecular weight is 279 g/mol. The number of nitrogen functional groups attached to an aromatic ring is 1. The maximum absolute atomic E-state index is 5.86. The molecule has 0 aliphatic heterocycles. The first-order valence-corrected chi connectivity index (χ1v) is 7.49. The molecule has 0 radical (unpaired) electrons. The van der Waals surface area contributed by atoms with E-state index in [1.165, 1.54) is 5.56 Å². The lowest BCUT2D eigenvalue weighted by Gasteiger charge is -2.21. The molecule has 3 heteroatoms. The van der Waals surface area contributed by atoms with E-state index in [1.54, 1.807) is 0 Å². The molecule has 1 heterocycles. The maximum Gasteiger partial charge on any atom is 0.115 e. The highest BCUT2D eigenvalue weighted by Crippen LogP contribution is 2.33. The van der Waals surface area contributed by atoms with E-state index in [2.05, 4.69) is 49.2 Å². The molecular formula is C18H21N3. The SMILES string of the molecule is CCC(C)C(c1ccccc1)c1nc2ccc(N)cc2[nH]1. The molecule has 0 saturated heterocycles. The van der Waals surface area contributed by atoms with Crippen LogP contribution in [0.15, 0.2) is 48.5 Å². The first-order chi connectivity index (χ1) is 10.2. The van der Waals surface area contributed by atoms with Gasteiger partial charge in [0.05, 0.1) is 11.0 Å². The van der Waals surface area contributed by atoms with Crippen molar-refractivity contribution >= 4 is 16.7 Å². The van der Waals surface area contributed by atoms with Crippen molar-refractivity contribution in [3.05, 3.63) is 59.9 Å². The van der Waals surface area contributed by atoms with Gasteiger partial charge in [0.25, 0.3) is 0 Å². The van der Waals surface area contributed by atoms with Crippen molar-refractivity contribution in [3.63, 3.8) is 0 Å². The van der Waals surface area contributed by atoms with Gasteiger partial charge in [0, 0.05) is 11.6 Å². The van der Waals surface area contributed by atoms with E-state index in [9.17, 15) is 0 Å². The fourth-order valence-corrected chi connectivity index (χ4v) is 2.85. The molecule has 0 aliphatic carbocycles. The molecule has 0 saturated carbocycles. The second kappa shape index (κ2) is 5.60. The average Bonchev–Trinajstić information content (AvgIpc) is 2.90. The predicted molar refractivity (Wildman–Crippen MR) is 88.2 cm³/mol. The Balaban J connectivity index is 2.10. The number of H-pyrrole nitrogens is 1. The molecule has 3 rings (SSSR count). The fraction of sp³-hybridized carbons (Fsp3) is 0.278. The van der Waals surface area contributed by atoms with E-state index in [4.69, 9.17) is 10.7 Å². The summed E-state index contributed by atoms with van der Waals surface area (Å²) in [4.78, 5) is 8.25. The van der Waals surface area contributed by atoms with Crippen molar-refractivity contribution in [1.29, 1.82) is 0 Å². The van der Waals surface area contributed by atoms with Gasteiger partial charge in [-0.25, -0.2) is 4.98 Å². The topological polar surface area (TPSA) is 54.7 Å². The van der Waals surface area contributed by atoms with Gasteiger partial charge in [-0.3, -0.25) is 0 Å². The molecule has 108 valence electrons. The normalized spacial score (nSPS) is 14.2. The number of aromatic amines is 1. The molecule has 0 bridgehead atoms. The minimum absolute atomic E-state index is 0.282. The minimum Gasteiger partial charge on any atom is -0.399 e. The number of benzene rings is 2. The number of nitrogens with one attached hydrogen (secondary N) is 1. The van der Waals surface area contributed by atoms with Crippen molar-refractivity contribution in [3.8, 4) is 0 Å². The lowest BCUT2D eigenvalue weighted by Crippen LogP contribution is -2.12. The zero-order valence-corrected chi connectivity index (χ0v) is 12.5. The molecule has 3 nitrogen and oxygen atoms in total. The Morgan fingerprint density at radius 2 is 1.90 bits per heavy atom. The Morgan fingerprint density at radius 3 is 2.62 bits per heavy atom. The molecule has 0 amide bonds. The van der Waals surface area contributed by atoms with Crippen LogP contribution < -0.4 is 5.73 Å². The van der Waals surface area contributed by atoms with Crippen LogP contribution in [-0.4, -0.2) is 9.97 Å². The summed E-state index contributed by atoms with van der Waals surface area (Å²) in [5.74, 6) is 1.83. The zero-order chi connectivity index (χ0) is 14.8. The number of aromatic nitrogens is 2. The van der Waals surface area contributed by atoms with E-state index >= 15 is 0 Å². The number of hydrogen-bond acceptors (Lipinski definition) is 2. The predicted octanol–water partition coefficient (Wildman–Crippen LogP) is 4.32. The van der Waals surface area contributed by atoms with Crippen LogP contribution in [0.25, 0.3) is 11.0 Å². The Morgan fingerprint density at radius 1 is 1.14 bits per heavy atom. The van der Waals surface area contributed by atoms with Crippen molar-refractivity contribution in [2.24, 2.45) is 5.92 Å². The minimum atomic E-state index is 0.282. The highest BCUT2D eigenvalue weighted by atomic mass is 14.9. The van der Waals surface area contributed by atoms with Gasteiger partial charge in [0.15, 0.2) is 0 Å². The Kier molecular flexibility index (Phi) is 3.65. The molecule has 3 N–H and O–H groups in total. The molecule has 2 atom stereocenters. The van der Waals surface area contributed by atoms with Crippen molar-refractivity contribution < 1.29 is 0 Å². The van der Waals surface area contributed by atoms with Crippen molar-refractivity contribution in [2.75, 3.05) is 5.73 Å². The summed E-state index contributed by atoms with van der Waals surface area (Å²) in [5, 5.41) is 0. The number of rotatable bonds is 4. The van der Waals surface area contributed by atoms with E-state index < -0.39 is 0 Å². The van der Waals surface area contributed by atoms with Gasteiger partial charge in [0.2, 0.25) is 0 Å². The summed E-state index contributed by atoms with van der Waals surface area (Å²) in [5.41, 5.74) is 9.91. The number of nitrogens with two attached hydrogens (primary N) is 1. The second-order valence-electron chi connectivity index (χ2n) is 5.67. The van der Waals surface area contributed by atoms with Crippen LogP contribution in [0, 0.1) is 5.92 Å².